The Labute approximate surface area is 105 Å². The van der Waals surface area contributed by atoms with Gasteiger partial charge in [-0.1, -0.05) is 26.3 Å². The van der Waals surface area contributed by atoms with Crippen LogP contribution >= 0.6 is 0 Å². The Hall–Kier alpha value is -0.345. The molecule has 1 fully saturated rings. The highest BCUT2D eigenvalue weighted by molar-refractivity contribution is 6.53. The van der Waals surface area contributed by atoms with E-state index in [1.807, 2.05) is 34.6 Å². The molecule has 0 aromatic rings. The lowest BCUT2D eigenvalue weighted by Gasteiger charge is -2.32. The summed E-state index contributed by atoms with van der Waals surface area (Å²) in [5, 5.41) is 0. The molecule has 0 N–H and O–H groups in total. The monoisotopic (exact) mass is 242 g/mol. The van der Waals surface area contributed by atoms with Gasteiger partial charge in [-0.15, -0.1) is 0 Å². The van der Waals surface area contributed by atoms with Crippen LogP contribution in [-0.4, -0.2) is 18.3 Å². The lowest BCUT2D eigenvalue weighted by atomic mass is 9.85. The van der Waals surface area contributed by atoms with Crippen molar-refractivity contribution in [3.63, 3.8) is 0 Å². The fraction of sp³-hybridized carbons (Fsp3) is 0.846. The zero-order chi connectivity index (χ0) is 13.3. The SMILES string of the molecule is CCCC(C)C=C(F)B1OC(C)(C)C(C)(C)O1. The van der Waals surface area contributed by atoms with Gasteiger partial charge in [-0.05, 0) is 40.0 Å². The molecule has 0 radical (unpaired) electrons. The minimum absolute atomic E-state index is 0.221. The molecule has 1 aliphatic heterocycles. The van der Waals surface area contributed by atoms with Crippen LogP contribution in [0.15, 0.2) is 11.8 Å². The molecule has 98 valence electrons. The van der Waals surface area contributed by atoms with Crippen molar-refractivity contribution in [3.05, 3.63) is 11.8 Å². The van der Waals surface area contributed by atoms with Gasteiger partial charge in [-0.3, -0.25) is 0 Å². The maximum Gasteiger partial charge on any atom is 0.524 e. The first kappa shape index (κ1) is 14.7. The first-order valence-electron chi connectivity index (χ1n) is 6.42. The second-order valence-corrected chi connectivity index (χ2v) is 5.91. The summed E-state index contributed by atoms with van der Waals surface area (Å²) in [5.41, 5.74) is -1.25. The zero-order valence-electron chi connectivity index (χ0n) is 11.8. The van der Waals surface area contributed by atoms with Gasteiger partial charge in [0, 0.05) is 0 Å². The van der Waals surface area contributed by atoms with E-state index >= 15 is 0 Å². The lowest BCUT2D eigenvalue weighted by molar-refractivity contribution is 0.00578. The van der Waals surface area contributed by atoms with Crippen molar-refractivity contribution in [2.24, 2.45) is 5.92 Å². The maximum atomic E-state index is 14.0. The van der Waals surface area contributed by atoms with E-state index in [1.54, 1.807) is 6.08 Å². The van der Waals surface area contributed by atoms with Gasteiger partial charge in [0.25, 0.3) is 0 Å². The Morgan fingerprint density at radius 1 is 1.24 bits per heavy atom. The Morgan fingerprint density at radius 2 is 1.71 bits per heavy atom. The van der Waals surface area contributed by atoms with Crippen LogP contribution in [0.3, 0.4) is 0 Å². The molecular weight excluding hydrogens is 218 g/mol. The average Bonchev–Trinajstić information content (AvgIpc) is 2.36. The molecule has 17 heavy (non-hydrogen) atoms. The summed E-state index contributed by atoms with van der Waals surface area (Å²) in [6.45, 7) is 11.8. The van der Waals surface area contributed by atoms with Crippen LogP contribution in [0.25, 0.3) is 0 Å². The summed E-state index contributed by atoms with van der Waals surface area (Å²) in [4.78, 5) is 0. The van der Waals surface area contributed by atoms with Crippen molar-refractivity contribution < 1.29 is 13.7 Å². The third-order valence-corrected chi connectivity index (χ3v) is 3.67. The molecular formula is C13H24BFO2. The third kappa shape index (κ3) is 3.32. The van der Waals surface area contributed by atoms with Gasteiger partial charge in [0.05, 0.1) is 11.2 Å². The van der Waals surface area contributed by atoms with E-state index in [1.165, 1.54) is 0 Å². The molecule has 2 nitrogen and oxygen atoms in total. The van der Waals surface area contributed by atoms with Gasteiger partial charge >= 0.3 is 7.12 Å². The van der Waals surface area contributed by atoms with Crippen LogP contribution < -0.4 is 0 Å². The van der Waals surface area contributed by atoms with Crippen LogP contribution in [0.2, 0.25) is 0 Å². The van der Waals surface area contributed by atoms with E-state index in [-0.39, 0.29) is 11.6 Å². The maximum absolute atomic E-state index is 14.0. The Kier molecular flexibility index (Phi) is 4.42. The van der Waals surface area contributed by atoms with E-state index in [9.17, 15) is 4.39 Å². The Bertz CT molecular complexity index is 284. The molecule has 0 aromatic heterocycles. The van der Waals surface area contributed by atoms with Crippen LogP contribution in [0.4, 0.5) is 4.39 Å². The second-order valence-electron chi connectivity index (χ2n) is 5.91. The van der Waals surface area contributed by atoms with Crippen LogP contribution in [-0.2, 0) is 9.31 Å². The minimum atomic E-state index is -0.848. The van der Waals surface area contributed by atoms with E-state index < -0.39 is 18.3 Å². The molecule has 0 aromatic carbocycles. The van der Waals surface area contributed by atoms with Gasteiger partial charge in [0.1, 0.15) is 5.73 Å². The summed E-state index contributed by atoms with van der Waals surface area (Å²) in [6.07, 6.45) is 3.65. The Morgan fingerprint density at radius 3 is 2.12 bits per heavy atom. The Balaban J connectivity index is 2.71. The number of rotatable bonds is 4. The highest BCUT2D eigenvalue weighted by Gasteiger charge is 2.53. The molecule has 1 heterocycles. The van der Waals surface area contributed by atoms with Crippen molar-refractivity contribution >= 4 is 7.12 Å². The summed E-state index contributed by atoms with van der Waals surface area (Å²) < 4.78 is 25.3. The molecule has 1 saturated heterocycles. The van der Waals surface area contributed by atoms with Gasteiger partial charge in [-0.2, -0.15) is 0 Å². The molecule has 0 saturated carbocycles. The first-order valence-corrected chi connectivity index (χ1v) is 6.42. The molecule has 4 heteroatoms. The molecule has 0 spiro atoms. The second kappa shape index (κ2) is 5.11. The van der Waals surface area contributed by atoms with E-state index in [4.69, 9.17) is 9.31 Å². The fourth-order valence-corrected chi connectivity index (χ4v) is 1.84. The third-order valence-electron chi connectivity index (χ3n) is 3.67. The predicted molar refractivity (Wildman–Crippen MR) is 69.3 cm³/mol. The predicted octanol–water partition coefficient (Wildman–Crippen LogP) is 3.91. The molecule has 1 unspecified atom stereocenters. The number of halogens is 1. The molecule has 1 rings (SSSR count). The standard InChI is InChI=1S/C13H24BFO2/c1-7-8-10(2)9-11(15)14-16-12(3,4)13(5,6)17-14/h9-10H,7-8H2,1-6H3. The molecule has 1 atom stereocenters. The van der Waals surface area contributed by atoms with E-state index in [2.05, 4.69) is 6.92 Å². The highest BCUT2D eigenvalue weighted by Crippen LogP contribution is 2.38. The number of hydrogen-bond acceptors (Lipinski definition) is 2. The minimum Gasteiger partial charge on any atom is -0.398 e. The molecule has 0 amide bonds. The largest absolute Gasteiger partial charge is 0.524 e. The summed E-state index contributed by atoms with van der Waals surface area (Å²) in [7, 11) is -0.848. The van der Waals surface area contributed by atoms with Crippen LogP contribution in [0, 0.1) is 5.92 Å². The summed E-state index contributed by atoms with van der Waals surface area (Å²) >= 11 is 0. The molecule has 0 aliphatic carbocycles. The zero-order valence-corrected chi connectivity index (χ0v) is 11.8. The van der Waals surface area contributed by atoms with Crippen molar-refractivity contribution in [1.29, 1.82) is 0 Å². The van der Waals surface area contributed by atoms with Crippen molar-refractivity contribution in [3.8, 4) is 0 Å². The summed E-state index contributed by atoms with van der Waals surface area (Å²) in [6, 6.07) is 0. The smallest absolute Gasteiger partial charge is 0.398 e. The van der Waals surface area contributed by atoms with Gasteiger partial charge in [-0.25, -0.2) is 4.39 Å². The van der Waals surface area contributed by atoms with E-state index in [0.717, 1.165) is 12.8 Å². The van der Waals surface area contributed by atoms with E-state index in [0.29, 0.717) is 0 Å². The molecule has 0 bridgehead atoms. The quantitative estimate of drug-likeness (QED) is 0.696. The lowest BCUT2D eigenvalue weighted by Crippen LogP contribution is -2.41. The highest BCUT2D eigenvalue weighted by atomic mass is 19.1. The topological polar surface area (TPSA) is 18.5 Å². The number of hydrogen-bond donors (Lipinski definition) is 0. The van der Waals surface area contributed by atoms with Gasteiger partial charge < -0.3 is 9.31 Å². The van der Waals surface area contributed by atoms with Crippen LogP contribution in [0.5, 0.6) is 0 Å². The van der Waals surface area contributed by atoms with Gasteiger partial charge in [0.2, 0.25) is 0 Å². The average molecular weight is 242 g/mol. The van der Waals surface area contributed by atoms with Crippen LogP contribution in [0.1, 0.15) is 54.4 Å². The normalized spacial score (nSPS) is 25.1. The number of allylic oxidation sites excluding steroid dienone is 1. The van der Waals surface area contributed by atoms with Gasteiger partial charge in [0.15, 0.2) is 0 Å². The van der Waals surface area contributed by atoms with Crippen molar-refractivity contribution in [2.45, 2.75) is 65.6 Å². The van der Waals surface area contributed by atoms with Crippen molar-refractivity contribution in [1.82, 2.24) is 0 Å². The fourth-order valence-electron chi connectivity index (χ4n) is 1.84. The summed E-state index contributed by atoms with van der Waals surface area (Å²) in [5.74, 6) is 0.221. The van der Waals surface area contributed by atoms with Crippen molar-refractivity contribution in [2.75, 3.05) is 0 Å². The first-order chi connectivity index (χ1) is 7.69. The molecule has 1 aliphatic rings.